The second-order valence-corrected chi connectivity index (χ2v) is 7.28. The summed E-state index contributed by atoms with van der Waals surface area (Å²) in [7, 11) is 0. The van der Waals surface area contributed by atoms with E-state index < -0.39 is 23.1 Å². The van der Waals surface area contributed by atoms with E-state index in [1.165, 1.54) is 11.0 Å². The van der Waals surface area contributed by atoms with Crippen LogP contribution in [0.15, 0.2) is 47.5 Å². The maximum absolute atomic E-state index is 13.4. The number of fused-ring (bicyclic) bond motifs is 2. The number of ether oxygens (including phenoxy) is 2. The van der Waals surface area contributed by atoms with E-state index in [-0.39, 0.29) is 24.3 Å². The molecule has 168 valence electrons. The van der Waals surface area contributed by atoms with Crippen LogP contribution in [-0.4, -0.2) is 43.7 Å². The third-order valence-corrected chi connectivity index (χ3v) is 4.89. The van der Waals surface area contributed by atoms with Crippen LogP contribution in [0.4, 0.5) is 14.5 Å². The minimum absolute atomic E-state index is 0.0355. The number of anilines is 1. The highest BCUT2D eigenvalue weighted by Crippen LogP contribution is 2.32. The Kier molecular flexibility index (Phi) is 5.17. The molecule has 1 aliphatic rings. The lowest BCUT2D eigenvalue weighted by molar-refractivity contribution is -0.116. The van der Waals surface area contributed by atoms with Crippen LogP contribution in [0.3, 0.4) is 0 Å². The topological polar surface area (TPSA) is 113 Å². The first-order chi connectivity index (χ1) is 16.0. The van der Waals surface area contributed by atoms with Crippen molar-refractivity contribution >= 4 is 22.8 Å². The Balaban J connectivity index is 1.33. The molecule has 2 aromatic carbocycles. The molecule has 3 heterocycles. The summed E-state index contributed by atoms with van der Waals surface area (Å²) in [5.41, 5.74) is 0.271. The number of halogens is 2. The minimum atomic E-state index is -0.728. The van der Waals surface area contributed by atoms with Gasteiger partial charge in [0.25, 0.3) is 5.56 Å². The lowest BCUT2D eigenvalue weighted by Gasteiger charge is -2.19. The number of nitrogens with one attached hydrogen (secondary N) is 1. The van der Waals surface area contributed by atoms with Crippen LogP contribution in [0.25, 0.3) is 11.2 Å². The van der Waals surface area contributed by atoms with Gasteiger partial charge in [0, 0.05) is 17.8 Å². The van der Waals surface area contributed by atoms with Gasteiger partial charge < -0.3 is 14.8 Å². The van der Waals surface area contributed by atoms with Gasteiger partial charge in [0.15, 0.2) is 22.7 Å². The van der Waals surface area contributed by atoms with E-state index in [1.54, 1.807) is 18.2 Å². The van der Waals surface area contributed by atoms with Crippen LogP contribution in [-0.2, 0) is 17.9 Å². The fourth-order valence-corrected chi connectivity index (χ4v) is 3.46. The van der Waals surface area contributed by atoms with Crippen LogP contribution >= 0.6 is 0 Å². The normalized spacial score (nSPS) is 12.7. The van der Waals surface area contributed by atoms with Crippen molar-refractivity contribution in [3.63, 3.8) is 0 Å². The number of hydrogen-bond acceptors (Lipinski definition) is 7. The number of carbonyl (C=O) groups excluding carboxylic acids is 1. The second kappa shape index (κ2) is 8.30. The molecule has 1 amide bonds. The average Bonchev–Trinajstić information content (AvgIpc) is 3.18. The predicted molar refractivity (Wildman–Crippen MR) is 111 cm³/mol. The number of rotatable bonds is 5. The minimum Gasteiger partial charge on any atom is -0.486 e. The third kappa shape index (κ3) is 4.22. The highest BCUT2D eigenvalue weighted by Gasteiger charge is 2.16. The van der Waals surface area contributed by atoms with E-state index in [0.717, 1.165) is 22.8 Å². The summed E-state index contributed by atoms with van der Waals surface area (Å²) in [5, 5.41) is 10.4. The Hall–Kier alpha value is -4.35. The summed E-state index contributed by atoms with van der Waals surface area (Å²) in [6.45, 7) is 0.533. The molecule has 0 aliphatic carbocycles. The fraction of sp³-hybridized carbons (Fsp3) is 0.190. The lowest BCUT2D eigenvalue weighted by atomic mass is 10.2. The number of amides is 1. The maximum atomic E-state index is 13.4. The first kappa shape index (κ1) is 20.5. The van der Waals surface area contributed by atoms with Gasteiger partial charge in [-0.05, 0) is 29.8 Å². The molecule has 1 aliphatic heterocycles. The molecule has 0 atom stereocenters. The van der Waals surface area contributed by atoms with Gasteiger partial charge in [-0.1, -0.05) is 5.21 Å². The van der Waals surface area contributed by atoms with Crippen LogP contribution < -0.4 is 20.3 Å². The molecule has 12 heteroatoms. The molecule has 2 aromatic heterocycles. The number of hydrogen-bond donors (Lipinski definition) is 1. The molecule has 0 unspecified atom stereocenters. The molecule has 1 N–H and O–H groups in total. The molecule has 0 saturated heterocycles. The van der Waals surface area contributed by atoms with Crippen LogP contribution in [0.5, 0.6) is 11.5 Å². The Morgan fingerprint density at radius 1 is 1.06 bits per heavy atom. The second-order valence-electron chi connectivity index (χ2n) is 7.28. The molecular weight excluding hydrogens is 438 g/mol. The van der Waals surface area contributed by atoms with Gasteiger partial charge in [-0.3, -0.25) is 14.2 Å². The van der Waals surface area contributed by atoms with Crippen molar-refractivity contribution in [2.75, 3.05) is 18.5 Å². The van der Waals surface area contributed by atoms with E-state index >= 15 is 0 Å². The van der Waals surface area contributed by atoms with Crippen molar-refractivity contribution in [3.05, 3.63) is 70.3 Å². The molecule has 10 nitrogen and oxygen atoms in total. The zero-order valence-electron chi connectivity index (χ0n) is 17.0. The smallest absolute Gasteiger partial charge is 0.283 e. The van der Waals surface area contributed by atoms with Crippen molar-refractivity contribution in [3.8, 4) is 11.5 Å². The first-order valence-corrected chi connectivity index (χ1v) is 9.89. The Morgan fingerprint density at radius 3 is 2.61 bits per heavy atom. The van der Waals surface area contributed by atoms with Crippen molar-refractivity contribution in [1.82, 2.24) is 24.5 Å². The molecule has 0 spiro atoms. The Bertz CT molecular complexity index is 1410. The molecule has 4 aromatic rings. The SMILES string of the molecule is O=C(Cn1cnc2c(nnn2Cc2cc(F)cc(F)c2)c1=O)Nc1ccc2c(c1)OCCO2. The molecule has 0 saturated carbocycles. The quantitative estimate of drug-likeness (QED) is 0.489. The summed E-state index contributed by atoms with van der Waals surface area (Å²) < 4.78 is 40.2. The number of carbonyl (C=O) groups is 1. The molecule has 5 rings (SSSR count). The van der Waals surface area contributed by atoms with E-state index in [0.29, 0.717) is 36.0 Å². The van der Waals surface area contributed by atoms with Crippen molar-refractivity contribution in [2.45, 2.75) is 13.1 Å². The molecular formula is C21H16F2N6O4. The number of aromatic nitrogens is 5. The van der Waals surface area contributed by atoms with Crippen molar-refractivity contribution in [2.24, 2.45) is 0 Å². The Morgan fingerprint density at radius 2 is 1.82 bits per heavy atom. The van der Waals surface area contributed by atoms with Crippen molar-refractivity contribution < 1.29 is 23.0 Å². The summed E-state index contributed by atoms with van der Waals surface area (Å²) in [6, 6.07) is 8.05. The summed E-state index contributed by atoms with van der Waals surface area (Å²) >= 11 is 0. The zero-order valence-corrected chi connectivity index (χ0v) is 17.0. The highest BCUT2D eigenvalue weighted by atomic mass is 19.1. The third-order valence-electron chi connectivity index (χ3n) is 4.89. The van der Waals surface area contributed by atoms with Crippen LogP contribution in [0.1, 0.15) is 5.56 Å². The molecule has 33 heavy (non-hydrogen) atoms. The summed E-state index contributed by atoms with van der Waals surface area (Å²) in [5.74, 6) is -0.802. The zero-order chi connectivity index (χ0) is 22.9. The largest absolute Gasteiger partial charge is 0.486 e. The first-order valence-electron chi connectivity index (χ1n) is 9.89. The lowest BCUT2D eigenvalue weighted by Crippen LogP contribution is -2.28. The van der Waals surface area contributed by atoms with Crippen LogP contribution in [0.2, 0.25) is 0 Å². The monoisotopic (exact) mass is 454 g/mol. The number of benzene rings is 2. The summed E-state index contributed by atoms with van der Waals surface area (Å²) in [4.78, 5) is 29.4. The maximum Gasteiger partial charge on any atom is 0.283 e. The van der Waals surface area contributed by atoms with Crippen molar-refractivity contribution in [1.29, 1.82) is 0 Å². The molecule has 0 bridgehead atoms. The predicted octanol–water partition coefficient (Wildman–Crippen LogP) is 1.72. The molecule has 0 fully saturated rings. The van der Waals surface area contributed by atoms with Gasteiger partial charge in [0.2, 0.25) is 5.91 Å². The molecule has 0 radical (unpaired) electrons. The van der Waals surface area contributed by atoms with E-state index in [1.807, 2.05) is 0 Å². The van der Waals surface area contributed by atoms with Gasteiger partial charge in [-0.2, -0.15) is 0 Å². The van der Waals surface area contributed by atoms with Gasteiger partial charge >= 0.3 is 0 Å². The Labute approximate surface area is 184 Å². The number of nitrogens with zero attached hydrogens (tertiary/aromatic N) is 5. The van der Waals surface area contributed by atoms with E-state index in [2.05, 4.69) is 20.6 Å². The van der Waals surface area contributed by atoms with Gasteiger partial charge in [0.05, 0.1) is 6.54 Å². The standard InChI is InChI=1S/C21H16F2N6O4/c22-13-5-12(6-14(23)7-13)9-29-20-19(26-27-29)21(31)28(11-24-20)10-18(30)25-15-1-2-16-17(8-15)33-4-3-32-16/h1-2,5-8,11H,3-4,9-10H2,(H,25,30). The summed E-state index contributed by atoms with van der Waals surface area (Å²) in [6.07, 6.45) is 1.19. The van der Waals surface area contributed by atoms with Gasteiger partial charge in [-0.15, -0.1) is 5.10 Å². The van der Waals surface area contributed by atoms with Gasteiger partial charge in [0.1, 0.15) is 37.7 Å². The average molecular weight is 454 g/mol. The van der Waals surface area contributed by atoms with Crippen LogP contribution in [0, 0.1) is 11.6 Å². The van der Waals surface area contributed by atoms with Gasteiger partial charge in [-0.25, -0.2) is 18.4 Å². The fourth-order valence-electron chi connectivity index (χ4n) is 3.46. The highest BCUT2D eigenvalue weighted by molar-refractivity contribution is 5.91. The van der Waals surface area contributed by atoms with E-state index in [9.17, 15) is 18.4 Å². The van der Waals surface area contributed by atoms with E-state index in [4.69, 9.17) is 9.47 Å².